The number of hydrogen-bond donors (Lipinski definition) is 1. The Kier molecular flexibility index (Phi) is 6.10. The number of nitrogens with one attached hydrogen (secondary N) is 1. The van der Waals surface area contributed by atoms with Gasteiger partial charge in [0.2, 0.25) is 10.0 Å². The number of amides is 2. The number of sulfonamides is 1. The van der Waals surface area contributed by atoms with Crippen LogP contribution < -0.4 is 5.32 Å². The van der Waals surface area contributed by atoms with E-state index in [-0.39, 0.29) is 35.1 Å². The molecule has 144 valence electrons. The summed E-state index contributed by atoms with van der Waals surface area (Å²) in [7, 11) is -3.64. The lowest BCUT2D eigenvalue weighted by Gasteiger charge is -2.35. The Morgan fingerprint density at radius 1 is 1.12 bits per heavy atom. The molecule has 26 heavy (non-hydrogen) atoms. The number of aryl methyl sites for hydroxylation is 1. The van der Waals surface area contributed by atoms with E-state index >= 15 is 0 Å². The van der Waals surface area contributed by atoms with E-state index in [2.05, 4.69) is 5.32 Å². The molecule has 8 heteroatoms. The van der Waals surface area contributed by atoms with E-state index < -0.39 is 10.0 Å². The van der Waals surface area contributed by atoms with E-state index in [4.69, 9.17) is 11.6 Å². The normalized spacial score (nSPS) is 20.2. The molecular weight excluding hydrogens is 374 g/mol. The number of piperazine rings is 1. The fraction of sp³-hybridized carbons (Fsp3) is 0.611. The number of benzene rings is 1. The number of rotatable bonds is 3. The number of carbonyl (C=O) groups is 1. The van der Waals surface area contributed by atoms with Crippen molar-refractivity contribution in [1.29, 1.82) is 0 Å². The van der Waals surface area contributed by atoms with Crippen molar-refractivity contribution >= 4 is 27.7 Å². The van der Waals surface area contributed by atoms with Gasteiger partial charge in [-0.05, 0) is 37.5 Å². The number of carbonyl (C=O) groups excluding carboxylic acids is 1. The Morgan fingerprint density at radius 2 is 1.77 bits per heavy atom. The summed E-state index contributed by atoms with van der Waals surface area (Å²) in [4.78, 5) is 14.2. The molecule has 1 N–H and O–H groups in total. The fourth-order valence-corrected chi connectivity index (χ4v) is 5.59. The SMILES string of the molecule is Cc1ccc(S(=O)(=O)N2CCN(C(=O)NC3CCCCC3)CC2)c(Cl)c1. The summed E-state index contributed by atoms with van der Waals surface area (Å²) in [5.74, 6) is 0. The molecule has 0 bridgehead atoms. The van der Waals surface area contributed by atoms with Crippen LogP contribution in [0.3, 0.4) is 0 Å². The van der Waals surface area contributed by atoms with Crippen molar-refractivity contribution in [2.75, 3.05) is 26.2 Å². The summed E-state index contributed by atoms with van der Waals surface area (Å²) < 4.78 is 27.1. The standard InChI is InChI=1S/C18H26ClN3O3S/c1-14-7-8-17(16(19)13-14)26(24,25)22-11-9-21(10-12-22)18(23)20-15-5-3-2-4-6-15/h7-8,13,15H,2-6,9-12H2,1H3,(H,20,23). The predicted octanol–water partition coefficient (Wildman–Crippen LogP) is 3.00. The first-order valence-electron chi connectivity index (χ1n) is 9.19. The van der Waals surface area contributed by atoms with Crippen LogP contribution in [0.15, 0.2) is 23.1 Å². The smallest absolute Gasteiger partial charge is 0.317 e. The van der Waals surface area contributed by atoms with Gasteiger partial charge in [0.1, 0.15) is 4.90 Å². The zero-order valence-corrected chi connectivity index (χ0v) is 16.7. The lowest BCUT2D eigenvalue weighted by atomic mass is 9.96. The van der Waals surface area contributed by atoms with E-state index in [1.807, 2.05) is 6.92 Å². The van der Waals surface area contributed by atoms with Gasteiger partial charge in [0.05, 0.1) is 5.02 Å². The Bertz CT molecular complexity index is 755. The van der Waals surface area contributed by atoms with Crippen LogP contribution in [0.1, 0.15) is 37.7 Å². The van der Waals surface area contributed by atoms with Crippen LogP contribution in [0.25, 0.3) is 0 Å². The molecule has 1 heterocycles. The molecule has 2 amide bonds. The van der Waals surface area contributed by atoms with Gasteiger partial charge in [-0.1, -0.05) is 36.9 Å². The zero-order valence-electron chi connectivity index (χ0n) is 15.1. The minimum absolute atomic E-state index is 0.0812. The third-order valence-corrected chi connectivity index (χ3v) is 7.55. The van der Waals surface area contributed by atoms with E-state index in [0.717, 1.165) is 31.2 Å². The van der Waals surface area contributed by atoms with Crippen LogP contribution in [0.4, 0.5) is 4.79 Å². The van der Waals surface area contributed by atoms with Gasteiger partial charge in [-0.3, -0.25) is 0 Å². The first-order chi connectivity index (χ1) is 12.4. The second-order valence-corrected chi connectivity index (χ2v) is 9.42. The lowest BCUT2D eigenvalue weighted by Crippen LogP contribution is -2.54. The molecular formula is C18H26ClN3O3S. The van der Waals surface area contributed by atoms with Crippen molar-refractivity contribution in [2.45, 2.75) is 50.0 Å². The van der Waals surface area contributed by atoms with Crippen molar-refractivity contribution in [2.24, 2.45) is 0 Å². The van der Waals surface area contributed by atoms with Crippen LogP contribution in [0.5, 0.6) is 0 Å². The third-order valence-electron chi connectivity index (χ3n) is 5.16. The van der Waals surface area contributed by atoms with Crippen LogP contribution in [-0.4, -0.2) is 55.9 Å². The zero-order chi connectivity index (χ0) is 18.7. The molecule has 0 spiro atoms. The van der Waals surface area contributed by atoms with E-state index in [0.29, 0.717) is 13.1 Å². The minimum Gasteiger partial charge on any atom is -0.335 e. The van der Waals surface area contributed by atoms with Crippen LogP contribution >= 0.6 is 11.6 Å². The highest BCUT2D eigenvalue weighted by Crippen LogP contribution is 2.26. The molecule has 0 atom stereocenters. The maximum atomic E-state index is 12.8. The summed E-state index contributed by atoms with van der Waals surface area (Å²) >= 11 is 6.14. The predicted molar refractivity (Wildman–Crippen MR) is 102 cm³/mol. The number of nitrogens with zero attached hydrogens (tertiary/aromatic N) is 2. The number of hydrogen-bond acceptors (Lipinski definition) is 3. The summed E-state index contributed by atoms with van der Waals surface area (Å²) in [6.07, 6.45) is 5.63. The van der Waals surface area contributed by atoms with Crippen molar-refractivity contribution < 1.29 is 13.2 Å². The molecule has 1 saturated heterocycles. The molecule has 2 aliphatic rings. The molecule has 0 unspecified atom stereocenters. The molecule has 1 aromatic rings. The quantitative estimate of drug-likeness (QED) is 0.849. The minimum atomic E-state index is -3.64. The topological polar surface area (TPSA) is 69.7 Å². The lowest BCUT2D eigenvalue weighted by molar-refractivity contribution is 0.166. The van der Waals surface area contributed by atoms with Gasteiger partial charge in [0.15, 0.2) is 0 Å². The molecule has 1 saturated carbocycles. The van der Waals surface area contributed by atoms with E-state index in [1.165, 1.54) is 10.7 Å². The van der Waals surface area contributed by atoms with Crippen LogP contribution in [-0.2, 0) is 10.0 Å². The van der Waals surface area contributed by atoms with Crippen molar-refractivity contribution in [1.82, 2.24) is 14.5 Å². The molecule has 0 aromatic heterocycles. The first kappa shape index (κ1) is 19.5. The highest BCUT2D eigenvalue weighted by molar-refractivity contribution is 7.89. The third kappa shape index (κ3) is 4.32. The second kappa shape index (κ2) is 8.15. The second-order valence-electron chi connectivity index (χ2n) is 7.11. The monoisotopic (exact) mass is 399 g/mol. The van der Waals surface area contributed by atoms with Crippen molar-refractivity contribution in [3.05, 3.63) is 28.8 Å². The maximum absolute atomic E-state index is 12.8. The largest absolute Gasteiger partial charge is 0.335 e. The summed E-state index contributed by atoms with van der Waals surface area (Å²) in [5.41, 5.74) is 0.915. The molecule has 3 rings (SSSR count). The highest BCUT2D eigenvalue weighted by atomic mass is 35.5. The molecule has 0 radical (unpaired) electrons. The Hall–Kier alpha value is -1.31. The first-order valence-corrected chi connectivity index (χ1v) is 11.0. The van der Waals surface area contributed by atoms with Crippen LogP contribution in [0, 0.1) is 6.92 Å². The van der Waals surface area contributed by atoms with E-state index in [1.54, 1.807) is 23.1 Å². The summed E-state index contributed by atoms with van der Waals surface area (Å²) in [6.45, 7) is 3.21. The molecule has 2 fully saturated rings. The highest BCUT2D eigenvalue weighted by Gasteiger charge is 2.32. The van der Waals surface area contributed by atoms with Crippen molar-refractivity contribution in [3.63, 3.8) is 0 Å². The molecule has 6 nitrogen and oxygen atoms in total. The Morgan fingerprint density at radius 3 is 2.38 bits per heavy atom. The maximum Gasteiger partial charge on any atom is 0.317 e. The van der Waals surface area contributed by atoms with E-state index in [9.17, 15) is 13.2 Å². The molecule has 1 aliphatic heterocycles. The fourth-order valence-electron chi connectivity index (χ4n) is 3.60. The van der Waals surface area contributed by atoms with Gasteiger partial charge in [-0.15, -0.1) is 0 Å². The van der Waals surface area contributed by atoms with Crippen LogP contribution in [0.2, 0.25) is 5.02 Å². The van der Waals surface area contributed by atoms with Gasteiger partial charge >= 0.3 is 6.03 Å². The summed E-state index contributed by atoms with van der Waals surface area (Å²) in [5, 5.41) is 3.33. The molecule has 1 aliphatic carbocycles. The van der Waals surface area contributed by atoms with Crippen molar-refractivity contribution in [3.8, 4) is 0 Å². The summed E-state index contributed by atoms with van der Waals surface area (Å²) in [6, 6.07) is 5.12. The Labute approximate surface area is 160 Å². The average molecular weight is 400 g/mol. The van der Waals surface area contributed by atoms with Gasteiger partial charge < -0.3 is 10.2 Å². The number of halogens is 1. The Balaban J connectivity index is 1.59. The van der Waals surface area contributed by atoms with Gasteiger partial charge in [-0.25, -0.2) is 13.2 Å². The van der Waals surface area contributed by atoms with Gasteiger partial charge in [0.25, 0.3) is 0 Å². The number of urea groups is 1. The average Bonchev–Trinajstić information content (AvgIpc) is 2.62. The molecule has 1 aromatic carbocycles. The van der Waals surface area contributed by atoms with Gasteiger partial charge in [0, 0.05) is 32.2 Å². The van der Waals surface area contributed by atoms with Gasteiger partial charge in [-0.2, -0.15) is 4.31 Å².